The molecule has 21 heavy (non-hydrogen) atoms. The largest absolute Gasteiger partial charge is 0.504 e. The van der Waals surface area contributed by atoms with E-state index in [1.54, 1.807) is 6.07 Å². The summed E-state index contributed by atoms with van der Waals surface area (Å²) in [4.78, 5) is 14.7. The van der Waals surface area contributed by atoms with Gasteiger partial charge in [-0.05, 0) is 44.5 Å². The third kappa shape index (κ3) is 1.46. The highest BCUT2D eigenvalue weighted by molar-refractivity contribution is 5.88. The summed E-state index contributed by atoms with van der Waals surface area (Å²) < 4.78 is 5.96. The Hall–Kier alpha value is -1.55. The minimum Gasteiger partial charge on any atom is -0.504 e. The third-order valence-corrected chi connectivity index (χ3v) is 5.86. The van der Waals surface area contributed by atoms with Crippen molar-refractivity contribution in [2.45, 2.75) is 43.7 Å². The Balaban J connectivity index is 1.98. The second-order valence-corrected chi connectivity index (χ2v) is 7.08. The molecule has 0 radical (unpaired) electrons. The predicted octanol–water partition coefficient (Wildman–Crippen LogP) is 1.88. The first-order chi connectivity index (χ1) is 9.94. The molecule has 112 valence electrons. The van der Waals surface area contributed by atoms with E-state index in [0.29, 0.717) is 24.1 Å². The Morgan fingerprint density at radius 2 is 2.14 bits per heavy atom. The summed E-state index contributed by atoms with van der Waals surface area (Å²) in [6.07, 6.45) is 2.02. The van der Waals surface area contributed by atoms with Crippen LogP contribution in [0.15, 0.2) is 12.1 Å². The van der Waals surface area contributed by atoms with E-state index in [2.05, 4.69) is 25.9 Å². The summed E-state index contributed by atoms with van der Waals surface area (Å²) in [5.74, 6) is 1.29. The number of rotatable bonds is 1. The van der Waals surface area contributed by atoms with Gasteiger partial charge in [0.15, 0.2) is 23.4 Å². The summed E-state index contributed by atoms with van der Waals surface area (Å²) in [5, 5.41) is 10.1. The molecule has 1 aliphatic heterocycles. The molecule has 0 aromatic heterocycles. The third-order valence-electron chi connectivity index (χ3n) is 5.86. The van der Waals surface area contributed by atoms with Crippen molar-refractivity contribution in [2.24, 2.45) is 5.92 Å². The van der Waals surface area contributed by atoms with Gasteiger partial charge in [0.25, 0.3) is 0 Å². The molecule has 1 aromatic rings. The molecule has 1 N–H and O–H groups in total. The number of Topliss-reactive ketones (excluding diaryl/α,β-unsaturated/α-hetero) is 1. The molecule has 2 aliphatic carbocycles. The molecule has 1 aromatic carbocycles. The molecule has 1 heterocycles. The van der Waals surface area contributed by atoms with Crippen LogP contribution in [-0.4, -0.2) is 42.0 Å². The van der Waals surface area contributed by atoms with Crippen molar-refractivity contribution >= 4 is 5.78 Å². The van der Waals surface area contributed by atoms with E-state index in [-0.39, 0.29) is 16.9 Å². The molecule has 2 unspecified atom stereocenters. The van der Waals surface area contributed by atoms with Gasteiger partial charge in [0.2, 0.25) is 0 Å². The van der Waals surface area contributed by atoms with Crippen LogP contribution in [0.2, 0.25) is 0 Å². The number of aromatic hydroxyl groups is 1. The Labute approximate surface area is 124 Å². The molecular weight excluding hydrogens is 266 g/mol. The lowest BCUT2D eigenvalue weighted by Gasteiger charge is -2.50. The van der Waals surface area contributed by atoms with E-state index in [9.17, 15) is 9.90 Å². The zero-order chi connectivity index (χ0) is 14.9. The molecular formula is C17H21NO3. The number of likely N-dealkylation sites (N-methyl/N-ethyl adjacent to an activating group) is 1. The predicted molar refractivity (Wildman–Crippen MR) is 78.8 cm³/mol. The fourth-order valence-corrected chi connectivity index (χ4v) is 4.87. The van der Waals surface area contributed by atoms with Crippen LogP contribution < -0.4 is 4.74 Å². The zero-order valence-electron chi connectivity index (χ0n) is 12.7. The van der Waals surface area contributed by atoms with Crippen LogP contribution in [-0.2, 0) is 16.6 Å². The lowest BCUT2D eigenvalue weighted by molar-refractivity contribution is -0.133. The van der Waals surface area contributed by atoms with E-state index < -0.39 is 6.10 Å². The smallest absolute Gasteiger partial charge is 0.174 e. The van der Waals surface area contributed by atoms with E-state index in [1.807, 2.05) is 6.07 Å². The number of nitrogens with zero attached hydrogens (tertiary/aromatic N) is 1. The van der Waals surface area contributed by atoms with Crippen molar-refractivity contribution in [2.75, 3.05) is 14.1 Å². The normalized spacial score (nSPS) is 36.6. The number of hydrogen-bond donors (Lipinski definition) is 1. The van der Waals surface area contributed by atoms with E-state index in [0.717, 1.165) is 18.4 Å². The van der Waals surface area contributed by atoms with Crippen LogP contribution in [0.1, 0.15) is 30.9 Å². The van der Waals surface area contributed by atoms with Gasteiger partial charge in [-0.15, -0.1) is 0 Å². The molecule has 3 aliphatic rings. The number of hydrogen-bond acceptors (Lipinski definition) is 4. The van der Waals surface area contributed by atoms with Crippen LogP contribution in [0, 0.1) is 5.92 Å². The summed E-state index contributed by atoms with van der Waals surface area (Å²) in [7, 11) is 4.23. The average molecular weight is 287 g/mol. The minimum absolute atomic E-state index is 0.166. The number of carbonyl (C=O) groups is 1. The van der Waals surface area contributed by atoms with Crippen molar-refractivity contribution in [3.05, 3.63) is 23.3 Å². The zero-order valence-corrected chi connectivity index (χ0v) is 12.7. The van der Waals surface area contributed by atoms with Crippen LogP contribution in [0.3, 0.4) is 0 Å². The number of phenols is 1. The fourth-order valence-electron chi connectivity index (χ4n) is 4.87. The standard InChI is InChI=1S/C17H21NO3/c1-17-10-5-7-13(20)16(17)21-15-12(19)6-4-9(14(15)17)8-11(10)18(2)3/h4,6,10-11,16,19H,5,7-8H2,1-3H3/t10?,11-,16+,17?/m0/s1. The van der Waals surface area contributed by atoms with Crippen LogP contribution in [0.5, 0.6) is 11.5 Å². The first-order valence-electron chi connectivity index (χ1n) is 7.65. The lowest BCUT2D eigenvalue weighted by atomic mass is 9.55. The Bertz CT molecular complexity index is 639. The summed E-state index contributed by atoms with van der Waals surface area (Å²) in [6.45, 7) is 2.16. The van der Waals surface area contributed by atoms with Crippen molar-refractivity contribution in [1.29, 1.82) is 0 Å². The number of phenolic OH excluding ortho intramolecular Hbond substituents is 1. The molecule has 4 atom stereocenters. The van der Waals surface area contributed by atoms with Crippen LogP contribution >= 0.6 is 0 Å². The van der Waals surface area contributed by atoms with E-state index in [4.69, 9.17) is 4.74 Å². The maximum Gasteiger partial charge on any atom is 0.174 e. The summed E-state index contributed by atoms with van der Waals surface area (Å²) in [5.41, 5.74) is 2.01. The summed E-state index contributed by atoms with van der Waals surface area (Å²) in [6, 6.07) is 4.11. The van der Waals surface area contributed by atoms with Crippen molar-refractivity contribution in [3.8, 4) is 11.5 Å². The van der Waals surface area contributed by atoms with Gasteiger partial charge in [-0.25, -0.2) is 0 Å². The van der Waals surface area contributed by atoms with Crippen molar-refractivity contribution in [1.82, 2.24) is 4.90 Å². The highest BCUT2D eigenvalue weighted by atomic mass is 16.5. The topological polar surface area (TPSA) is 49.8 Å². The second kappa shape index (κ2) is 4.01. The molecule has 1 saturated carbocycles. The maximum atomic E-state index is 12.4. The van der Waals surface area contributed by atoms with Crippen molar-refractivity contribution < 1.29 is 14.6 Å². The lowest BCUT2D eigenvalue weighted by Crippen LogP contribution is -2.59. The SMILES string of the molecule is CN(C)[C@H]1Cc2ccc(O)c3c2C2(C)C1CCC(=O)[C@H]2O3. The Morgan fingerprint density at radius 3 is 2.86 bits per heavy atom. The van der Waals surface area contributed by atoms with Gasteiger partial charge in [0, 0.05) is 23.4 Å². The number of ether oxygens (including phenoxy) is 1. The monoisotopic (exact) mass is 287 g/mol. The highest BCUT2D eigenvalue weighted by Gasteiger charge is 2.61. The van der Waals surface area contributed by atoms with E-state index >= 15 is 0 Å². The molecule has 4 heteroatoms. The van der Waals surface area contributed by atoms with Gasteiger partial charge >= 0.3 is 0 Å². The maximum absolute atomic E-state index is 12.4. The Kier molecular flexibility index (Phi) is 2.51. The molecule has 0 amide bonds. The first kappa shape index (κ1) is 13.1. The van der Waals surface area contributed by atoms with Gasteiger partial charge in [-0.1, -0.05) is 13.0 Å². The Morgan fingerprint density at radius 1 is 1.38 bits per heavy atom. The van der Waals surface area contributed by atoms with Crippen LogP contribution in [0.25, 0.3) is 0 Å². The van der Waals surface area contributed by atoms with Gasteiger partial charge < -0.3 is 14.7 Å². The molecule has 4 rings (SSSR count). The second-order valence-electron chi connectivity index (χ2n) is 7.08. The highest BCUT2D eigenvalue weighted by Crippen LogP contribution is 2.59. The minimum atomic E-state index is -0.430. The van der Waals surface area contributed by atoms with Gasteiger partial charge in [-0.2, -0.15) is 0 Å². The quantitative estimate of drug-likeness (QED) is 0.857. The molecule has 0 saturated heterocycles. The number of benzene rings is 1. The molecule has 0 bridgehead atoms. The van der Waals surface area contributed by atoms with Crippen LogP contribution in [0.4, 0.5) is 0 Å². The summed E-state index contributed by atoms with van der Waals surface area (Å²) >= 11 is 0. The molecule has 0 spiro atoms. The molecule has 1 fully saturated rings. The first-order valence-corrected chi connectivity index (χ1v) is 7.65. The van der Waals surface area contributed by atoms with E-state index in [1.165, 1.54) is 5.56 Å². The molecule has 4 nitrogen and oxygen atoms in total. The number of ketones is 1. The fraction of sp³-hybridized carbons (Fsp3) is 0.588. The number of carbonyl (C=O) groups excluding carboxylic acids is 1. The average Bonchev–Trinajstić information content (AvgIpc) is 2.76. The van der Waals surface area contributed by atoms with Gasteiger partial charge in [0.05, 0.1) is 0 Å². The van der Waals surface area contributed by atoms with Crippen molar-refractivity contribution in [3.63, 3.8) is 0 Å². The van der Waals surface area contributed by atoms with Gasteiger partial charge in [-0.3, -0.25) is 4.79 Å². The van der Waals surface area contributed by atoms with Gasteiger partial charge in [0.1, 0.15) is 0 Å².